The maximum Gasteiger partial charge on any atom is 0.234 e. The molecule has 26 heavy (non-hydrogen) atoms. The summed E-state index contributed by atoms with van der Waals surface area (Å²) in [5.74, 6) is 0.714. The van der Waals surface area contributed by atoms with Crippen molar-refractivity contribution >= 4 is 58.2 Å². The number of carbonyl (C=O) groups is 1. The van der Waals surface area contributed by atoms with E-state index in [1.165, 1.54) is 11.8 Å². The van der Waals surface area contributed by atoms with Crippen LogP contribution < -0.4 is 5.32 Å². The summed E-state index contributed by atoms with van der Waals surface area (Å²) in [7, 11) is 1.85. The number of benzene rings is 2. The van der Waals surface area contributed by atoms with Gasteiger partial charge in [0.1, 0.15) is 0 Å². The molecule has 0 unspecified atom stereocenters. The molecule has 0 aliphatic carbocycles. The number of nitrogens with one attached hydrogen (secondary N) is 1. The van der Waals surface area contributed by atoms with Gasteiger partial charge in [0.2, 0.25) is 5.91 Å². The van der Waals surface area contributed by atoms with Gasteiger partial charge in [-0.05, 0) is 42.5 Å². The maximum atomic E-state index is 12.1. The molecule has 0 saturated heterocycles. The van der Waals surface area contributed by atoms with Crippen LogP contribution in [0, 0.1) is 0 Å². The summed E-state index contributed by atoms with van der Waals surface area (Å²) in [5.41, 5.74) is 1.49. The fourth-order valence-corrected chi connectivity index (χ4v) is 3.33. The molecule has 0 aliphatic heterocycles. The van der Waals surface area contributed by atoms with Crippen LogP contribution in [-0.2, 0) is 11.8 Å². The molecule has 1 aromatic heterocycles. The van der Waals surface area contributed by atoms with Gasteiger partial charge in [-0.2, -0.15) is 0 Å². The summed E-state index contributed by atoms with van der Waals surface area (Å²) in [4.78, 5) is 12.1. The average Bonchev–Trinajstić information content (AvgIpc) is 2.98. The molecular formula is C17H13Cl3N4OS. The highest BCUT2D eigenvalue weighted by atomic mass is 35.5. The van der Waals surface area contributed by atoms with Crippen molar-refractivity contribution in [2.45, 2.75) is 5.16 Å². The highest BCUT2D eigenvalue weighted by molar-refractivity contribution is 7.99. The van der Waals surface area contributed by atoms with Gasteiger partial charge in [0.05, 0.1) is 15.8 Å². The number of aromatic nitrogens is 3. The molecule has 0 saturated carbocycles. The number of hydrogen-bond donors (Lipinski definition) is 1. The Kier molecular flexibility index (Phi) is 6.09. The molecule has 134 valence electrons. The molecular weight excluding hydrogens is 415 g/mol. The fourth-order valence-electron chi connectivity index (χ4n) is 2.19. The van der Waals surface area contributed by atoms with Crippen LogP contribution in [0.1, 0.15) is 0 Å². The van der Waals surface area contributed by atoms with Gasteiger partial charge in [-0.25, -0.2) is 0 Å². The van der Waals surface area contributed by atoms with E-state index in [1.54, 1.807) is 30.3 Å². The van der Waals surface area contributed by atoms with Crippen molar-refractivity contribution in [2.75, 3.05) is 11.1 Å². The van der Waals surface area contributed by atoms with E-state index in [-0.39, 0.29) is 11.7 Å². The highest BCUT2D eigenvalue weighted by Gasteiger charge is 2.13. The number of nitrogens with zero attached hydrogens (tertiary/aromatic N) is 3. The zero-order valence-corrected chi connectivity index (χ0v) is 16.6. The first-order chi connectivity index (χ1) is 12.4. The minimum absolute atomic E-state index is 0.176. The van der Waals surface area contributed by atoms with Gasteiger partial charge in [-0.15, -0.1) is 10.2 Å². The van der Waals surface area contributed by atoms with Crippen molar-refractivity contribution in [3.8, 4) is 11.4 Å². The summed E-state index contributed by atoms with van der Waals surface area (Å²) in [5, 5.41) is 13.2. The van der Waals surface area contributed by atoms with E-state index in [0.29, 0.717) is 31.7 Å². The molecule has 1 heterocycles. The van der Waals surface area contributed by atoms with Crippen molar-refractivity contribution in [2.24, 2.45) is 7.05 Å². The molecule has 0 aliphatic rings. The Morgan fingerprint density at radius 1 is 1.08 bits per heavy atom. The molecule has 0 spiro atoms. The molecule has 1 amide bonds. The molecule has 5 nitrogen and oxygen atoms in total. The van der Waals surface area contributed by atoms with Gasteiger partial charge in [0.25, 0.3) is 0 Å². The fraction of sp³-hybridized carbons (Fsp3) is 0.118. The number of anilines is 1. The second kappa shape index (κ2) is 8.31. The molecule has 2 aromatic carbocycles. The van der Waals surface area contributed by atoms with E-state index in [0.717, 1.165) is 5.56 Å². The first-order valence-electron chi connectivity index (χ1n) is 7.47. The number of rotatable bonds is 5. The number of thioether (sulfide) groups is 1. The normalized spacial score (nSPS) is 10.8. The summed E-state index contributed by atoms with van der Waals surface area (Å²) in [6, 6.07) is 12.3. The maximum absolute atomic E-state index is 12.1. The first-order valence-corrected chi connectivity index (χ1v) is 9.59. The van der Waals surface area contributed by atoms with Crippen LogP contribution in [0.3, 0.4) is 0 Å². The van der Waals surface area contributed by atoms with Gasteiger partial charge < -0.3 is 9.88 Å². The standard InChI is InChI=1S/C17H13Cl3N4OS/c1-24-16(10-2-4-11(18)5-3-10)22-23-17(24)26-9-15(25)21-12-6-7-13(19)14(20)8-12/h2-8H,9H2,1H3,(H,21,25). The van der Waals surface area contributed by atoms with Crippen LogP contribution in [0.15, 0.2) is 47.6 Å². The van der Waals surface area contributed by atoms with E-state index in [1.807, 2.05) is 23.7 Å². The van der Waals surface area contributed by atoms with Crippen LogP contribution in [0.2, 0.25) is 15.1 Å². The first kappa shape index (κ1) is 19.0. The zero-order valence-electron chi connectivity index (χ0n) is 13.5. The topological polar surface area (TPSA) is 59.8 Å². The molecule has 9 heteroatoms. The smallest absolute Gasteiger partial charge is 0.234 e. The third kappa shape index (κ3) is 4.51. The minimum atomic E-state index is -0.176. The van der Waals surface area contributed by atoms with Crippen LogP contribution >= 0.6 is 46.6 Å². The number of halogens is 3. The summed E-state index contributed by atoms with van der Waals surface area (Å²) >= 11 is 19.0. The van der Waals surface area contributed by atoms with E-state index >= 15 is 0 Å². The Hall–Kier alpha value is -1.73. The van der Waals surface area contributed by atoms with Crippen molar-refractivity contribution in [3.05, 3.63) is 57.5 Å². The zero-order chi connectivity index (χ0) is 18.7. The van der Waals surface area contributed by atoms with Crippen LogP contribution in [-0.4, -0.2) is 26.4 Å². The molecule has 0 radical (unpaired) electrons. The predicted octanol–water partition coefficient (Wildman–Crippen LogP) is 5.17. The lowest BCUT2D eigenvalue weighted by molar-refractivity contribution is -0.113. The molecule has 1 N–H and O–H groups in total. The number of carbonyl (C=O) groups excluding carboxylic acids is 1. The largest absolute Gasteiger partial charge is 0.325 e. The van der Waals surface area contributed by atoms with E-state index in [9.17, 15) is 4.79 Å². The van der Waals surface area contributed by atoms with Crippen molar-refractivity contribution in [3.63, 3.8) is 0 Å². The SMILES string of the molecule is Cn1c(SCC(=O)Nc2ccc(Cl)c(Cl)c2)nnc1-c1ccc(Cl)cc1. The Morgan fingerprint density at radius 2 is 1.81 bits per heavy atom. The van der Waals surface area contributed by atoms with Crippen LogP contribution in [0.25, 0.3) is 11.4 Å². The Morgan fingerprint density at radius 3 is 2.50 bits per heavy atom. The summed E-state index contributed by atoms with van der Waals surface area (Å²) in [6.45, 7) is 0. The second-order valence-corrected chi connectivity index (χ2v) is 7.53. The predicted molar refractivity (Wildman–Crippen MR) is 107 cm³/mol. The Balaban J connectivity index is 1.63. The lowest BCUT2D eigenvalue weighted by atomic mass is 10.2. The Labute approximate surface area is 169 Å². The van der Waals surface area contributed by atoms with Gasteiger partial charge in [0, 0.05) is 23.3 Å². The van der Waals surface area contributed by atoms with Gasteiger partial charge in [0.15, 0.2) is 11.0 Å². The summed E-state index contributed by atoms with van der Waals surface area (Å²) < 4.78 is 1.83. The minimum Gasteiger partial charge on any atom is -0.325 e. The quantitative estimate of drug-likeness (QED) is 0.570. The molecule has 0 atom stereocenters. The van der Waals surface area contributed by atoms with E-state index in [2.05, 4.69) is 15.5 Å². The van der Waals surface area contributed by atoms with Gasteiger partial charge in [-0.1, -0.05) is 46.6 Å². The van der Waals surface area contributed by atoms with Gasteiger partial charge >= 0.3 is 0 Å². The third-order valence-electron chi connectivity index (χ3n) is 3.47. The van der Waals surface area contributed by atoms with Crippen molar-refractivity contribution < 1.29 is 4.79 Å². The molecule has 0 fully saturated rings. The number of hydrogen-bond acceptors (Lipinski definition) is 4. The third-order valence-corrected chi connectivity index (χ3v) is 5.48. The van der Waals surface area contributed by atoms with Crippen LogP contribution in [0.5, 0.6) is 0 Å². The lowest BCUT2D eigenvalue weighted by Gasteiger charge is -2.06. The Bertz CT molecular complexity index is 944. The monoisotopic (exact) mass is 426 g/mol. The molecule has 3 aromatic rings. The van der Waals surface area contributed by atoms with Crippen molar-refractivity contribution in [1.82, 2.24) is 14.8 Å². The van der Waals surface area contributed by atoms with Crippen LogP contribution in [0.4, 0.5) is 5.69 Å². The molecule has 0 bridgehead atoms. The summed E-state index contributed by atoms with van der Waals surface area (Å²) in [6.07, 6.45) is 0. The number of amides is 1. The second-order valence-electron chi connectivity index (χ2n) is 5.34. The van der Waals surface area contributed by atoms with Gasteiger partial charge in [-0.3, -0.25) is 4.79 Å². The van der Waals surface area contributed by atoms with Crippen molar-refractivity contribution in [1.29, 1.82) is 0 Å². The van der Waals surface area contributed by atoms with E-state index in [4.69, 9.17) is 34.8 Å². The average molecular weight is 428 g/mol. The van der Waals surface area contributed by atoms with E-state index < -0.39 is 0 Å². The highest BCUT2D eigenvalue weighted by Crippen LogP contribution is 2.26. The lowest BCUT2D eigenvalue weighted by Crippen LogP contribution is -2.14. The molecule has 3 rings (SSSR count).